The maximum absolute atomic E-state index is 12.3. The number of amides is 1. The van der Waals surface area contributed by atoms with Crippen molar-refractivity contribution in [2.45, 2.75) is 72.4 Å². The van der Waals surface area contributed by atoms with Crippen molar-refractivity contribution in [3.05, 3.63) is 20.5 Å². The van der Waals surface area contributed by atoms with Crippen molar-refractivity contribution < 1.29 is 14.3 Å². The Labute approximate surface area is 181 Å². The Bertz CT molecular complexity index is 679. The molecule has 1 aliphatic carbocycles. The standard InChI is InChI=1S/C20H30ClIN2O3/c1-19(2,3)15(23-18(25)27-20(4,5)6)10-13-9-14(16(21)24-17(13)22)26-11-12-7-8-12/h9,12,15H,7-8,10-11H2,1-6H3,(H,23,25). The van der Waals surface area contributed by atoms with Crippen molar-refractivity contribution >= 4 is 40.3 Å². The van der Waals surface area contributed by atoms with Gasteiger partial charge in [0.15, 0.2) is 10.9 Å². The molecule has 7 heteroatoms. The molecule has 1 aromatic heterocycles. The Balaban J connectivity index is 2.15. The highest BCUT2D eigenvalue weighted by Gasteiger charge is 2.30. The van der Waals surface area contributed by atoms with Crippen LogP contribution in [0, 0.1) is 15.0 Å². The fourth-order valence-electron chi connectivity index (χ4n) is 2.47. The van der Waals surface area contributed by atoms with Crippen LogP contribution in [-0.4, -0.2) is 29.3 Å². The van der Waals surface area contributed by atoms with Gasteiger partial charge in [-0.05, 0) is 85.6 Å². The normalized spacial score (nSPS) is 16.0. The number of nitrogens with zero attached hydrogens (tertiary/aromatic N) is 1. The molecule has 1 fully saturated rings. The predicted octanol–water partition coefficient (Wildman–Crippen LogP) is 5.61. The van der Waals surface area contributed by atoms with Gasteiger partial charge >= 0.3 is 6.09 Å². The third-order valence-electron chi connectivity index (χ3n) is 4.30. The molecule has 27 heavy (non-hydrogen) atoms. The van der Waals surface area contributed by atoms with Crippen LogP contribution in [0.5, 0.6) is 5.75 Å². The van der Waals surface area contributed by atoms with E-state index >= 15 is 0 Å². The van der Waals surface area contributed by atoms with Gasteiger partial charge in [0.1, 0.15) is 9.30 Å². The molecule has 1 aromatic rings. The maximum atomic E-state index is 12.3. The highest BCUT2D eigenvalue weighted by molar-refractivity contribution is 14.1. The zero-order valence-electron chi connectivity index (χ0n) is 17.0. The number of carbonyl (C=O) groups is 1. The number of hydrogen-bond donors (Lipinski definition) is 1. The Kier molecular flexibility index (Phi) is 7.28. The lowest BCUT2D eigenvalue weighted by Gasteiger charge is -2.32. The average molecular weight is 509 g/mol. The first-order chi connectivity index (χ1) is 12.3. The summed E-state index contributed by atoms with van der Waals surface area (Å²) in [5, 5.41) is 3.40. The predicted molar refractivity (Wildman–Crippen MR) is 116 cm³/mol. The van der Waals surface area contributed by atoms with Gasteiger partial charge in [-0.15, -0.1) is 0 Å². The van der Waals surface area contributed by atoms with Crippen LogP contribution in [0.2, 0.25) is 5.15 Å². The number of ether oxygens (including phenoxy) is 2. The molecule has 1 atom stereocenters. The summed E-state index contributed by atoms with van der Waals surface area (Å²) in [6.07, 6.45) is 2.64. The summed E-state index contributed by atoms with van der Waals surface area (Å²) in [6.45, 7) is 12.5. The van der Waals surface area contributed by atoms with Gasteiger partial charge in [-0.1, -0.05) is 32.4 Å². The summed E-state index contributed by atoms with van der Waals surface area (Å²) >= 11 is 8.44. The molecular weight excluding hydrogens is 479 g/mol. The van der Waals surface area contributed by atoms with Crippen molar-refractivity contribution in [2.75, 3.05) is 6.61 Å². The Hall–Kier alpha value is -0.760. The summed E-state index contributed by atoms with van der Waals surface area (Å²) in [4.78, 5) is 16.7. The number of alkyl carbamates (subject to hydrolysis) is 1. The molecule has 0 spiro atoms. The van der Waals surface area contributed by atoms with E-state index < -0.39 is 11.7 Å². The molecule has 1 N–H and O–H groups in total. The fraction of sp³-hybridized carbons (Fsp3) is 0.700. The van der Waals surface area contributed by atoms with Crippen molar-refractivity contribution in [3.8, 4) is 5.75 Å². The van der Waals surface area contributed by atoms with E-state index in [-0.39, 0.29) is 11.5 Å². The number of aromatic nitrogens is 1. The molecular formula is C20H30ClIN2O3. The second kappa shape index (κ2) is 8.72. The Morgan fingerprint density at radius 2 is 1.96 bits per heavy atom. The summed E-state index contributed by atoms with van der Waals surface area (Å²) in [5.41, 5.74) is 0.308. The monoisotopic (exact) mass is 508 g/mol. The van der Waals surface area contributed by atoms with Gasteiger partial charge in [-0.25, -0.2) is 9.78 Å². The fourth-order valence-corrected chi connectivity index (χ4v) is 3.42. The Morgan fingerprint density at radius 3 is 2.48 bits per heavy atom. The van der Waals surface area contributed by atoms with Crippen LogP contribution >= 0.6 is 34.2 Å². The molecule has 2 rings (SSSR count). The van der Waals surface area contributed by atoms with Crippen LogP contribution in [0.15, 0.2) is 6.07 Å². The van der Waals surface area contributed by atoms with Crippen LogP contribution in [0.25, 0.3) is 0 Å². The lowest BCUT2D eigenvalue weighted by atomic mass is 9.83. The Morgan fingerprint density at radius 1 is 1.33 bits per heavy atom. The summed E-state index contributed by atoms with van der Waals surface area (Å²) in [5.74, 6) is 1.25. The van der Waals surface area contributed by atoms with Gasteiger partial charge in [0.05, 0.1) is 6.61 Å². The number of rotatable bonds is 6. The van der Waals surface area contributed by atoms with Gasteiger partial charge in [0, 0.05) is 6.04 Å². The maximum Gasteiger partial charge on any atom is 0.407 e. The molecule has 0 aromatic carbocycles. The van der Waals surface area contributed by atoms with Crippen molar-refractivity contribution in [2.24, 2.45) is 11.3 Å². The van der Waals surface area contributed by atoms with Crippen LogP contribution in [-0.2, 0) is 11.2 Å². The highest BCUT2D eigenvalue weighted by Crippen LogP contribution is 2.33. The van der Waals surface area contributed by atoms with E-state index in [1.165, 1.54) is 12.8 Å². The van der Waals surface area contributed by atoms with Gasteiger partial charge in [-0.3, -0.25) is 0 Å². The summed E-state index contributed by atoms with van der Waals surface area (Å²) in [6, 6.07) is 1.83. The number of halogens is 2. The molecule has 0 saturated heterocycles. The zero-order valence-corrected chi connectivity index (χ0v) is 19.9. The second-order valence-corrected chi connectivity index (χ2v) is 10.6. The molecule has 1 amide bonds. The van der Waals surface area contributed by atoms with Crippen molar-refractivity contribution in [3.63, 3.8) is 0 Å². The molecule has 0 aliphatic heterocycles. The quantitative estimate of drug-likeness (QED) is 0.401. The third-order valence-corrected chi connectivity index (χ3v) is 5.51. The van der Waals surface area contributed by atoms with E-state index in [2.05, 4.69) is 53.7 Å². The van der Waals surface area contributed by atoms with E-state index in [0.29, 0.717) is 29.8 Å². The second-order valence-electron chi connectivity index (χ2n) is 9.25. The molecule has 1 heterocycles. The highest BCUT2D eigenvalue weighted by atomic mass is 127. The third kappa shape index (κ3) is 7.64. The molecule has 152 valence electrons. The first-order valence-electron chi connectivity index (χ1n) is 9.32. The molecule has 1 unspecified atom stereocenters. The van der Waals surface area contributed by atoms with Gasteiger partial charge in [-0.2, -0.15) is 0 Å². The average Bonchev–Trinajstić information content (AvgIpc) is 3.29. The topological polar surface area (TPSA) is 60.5 Å². The molecule has 5 nitrogen and oxygen atoms in total. The minimum absolute atomic E-state index is 0.125. The summed E-state index contributed by atoms with van der Waals surface area (Å²) in [7, 11) is 0. The van der Waals surface area contributed by atoms with Gasteiger partial charge in [0.2, 0.25) is 0 Å². The molecule has 1 aliphatic rings. The van der Waals surface area contributed by atoms with Crippen LogP contribution in [0.4, 0.5) is 4.79 Å². The first-order valence-corrected chi connectivity index (χ1v) is 10.8. The van der Waals surface area contributed by atoms with E-state index in [1.54, 1.807) is 0 Å². The number of nitrogens with one attached hydrogen (secondary N) is 1. The van der Waals surface area contributed by atoms with Crippen LogP contribution in [0.3, 0.4) is 0 Å². The van der Waals surface area contributed by atoms with Gasteiger partial charge in [0.25, 0.3) is 0 Å². The van der Waals surface area contributed by atoms with E-state index in [0.717, 1.165) is 9.26 Å². The van der Waals surface area contributed by atoms with Crippen LogP contribution in [0.1, 0.15) is 59.9 Å². The molecule has 0 bridgehead atoms. The van der Waals surface area contributed by atoms with E-state index in [9.17, 15) is 4.79 Å². The van der Waals surface area contributed by atoms with Crippen LogP contribution < -0.4 is 10.1 Å². The number of pyridine rings is 1. The molecule has 0 radical (unpaired) electrons. The number of carbonyl (C=O) groups excluding carboxylic acids is 1. The largest absolute Gasteiger partial charge is 0.490 e. The van der Waals surface area contributed by atoms with Crippen molar-refractivity contribution in [1.29, 1.82) is 0 Å². The zero-order chi connectivity index (χ0) is 20.4. The van der Waals surface area contributed by atoms with Gasteiger partial charge < -0.3 is 14.8 Å². The molecule has 1 saturated carbocycles. The van der Waals surface area contributed by atoms with Crippen molar-refractivity contribution in [1.82, 2.24) is 10.3 Å². The lowest BCUT2D eigenvalue weighted by Crippen LogP contribution is -2.47. The van der Waals surface area contributed by atoms with E-state index in [4.69, 9.17) is 21.1 Å². The van der Waals surface area contributed by atoms with E-state index in [1.807, 2.05) is 26.8 Å². The summed E-state index contributed by atoms with van der Waals surface area (Å²) < 4.78 is 12.1. The SMILES string of the molecule is CC(C)(C)OC(=O)NC(Cc1cc(OCC2CC2)c(Cl)nc1I)C(C)(C)C. The smallest absolute Gasteiger partial charge is 0.407 e. The minimum atomic E-state index is -0.535. The first kappa shape index (κ1) is 22.5. The minimum Gasteiger partial charge on any atom is -0.490 e. The number of hydrogen-bond acceptors (Lipinski definition) is 4. The lowest BCUT2D eigenvalue weighted by molar-refractivity contribution is 0.0464.